The van der Waals surface area contributed by atoms with Gasteiger partial charge in [-0.2, -0.15) is 5.26 Å². The quantitative estimate of drug-likeness (QED) is 0.431. The number of carbonyl (C=O) groups is 2. The van der Waals surface area contributed by atoms with Gasteiger partial charge in [-0.15, -0.1) is 0 Å². The molecular weight excluding hydrogens is 434 g/mol. The zero-order chi connectivity index (χ0) is 23.4. The summed E-state index contributed by atoms with van der Waals surface area (Å²) >= 11 is 1.26. The number of anilines is 1. The Bertz CT molecular complexity index is 1220. The summed E-state index contributed by atoms with van der Waals surface area (Å²) in [5, 5.41) is 12.5. The van der Waals surface area contributed by atoms with Crippen molar-refractivity contribution in [1.29, 1.82) is 5.26 Å². The highest BCUT2D eigenvalue weighted by molar-refractivity contribution is 8.05. The lowest BCUT2D eigenvalue weighted by Gasteiger charge is -2.19. The van der Waals surface area contributed by atoms with Crippen molar-refractivity contribution < 1.29 is 14.0 Å². The standard InChI is InChI=1S/C26H23N3O3S/c1-17-5-9-19(10-6-17)14-23-25(31)29(20-11-7-18(2)8-12-20)26(33-23)22(15-27)24(30)28-16-21-4-3-13-32-21/h3-13,23H,14,16H2,1-2H3,(H,28,30)/b26-22-/t23-/m0/s1. The van der Waals surface area contributed by atoms with E-state index in [1.807, 2.05) is 68.4 Å². The number of aryl methyl sites for hydroxylation is 2. The average Bonchev–Trinajstić information content (AvgIpc) is 3.44. The van der Waals surface area contributed by atoms with E-state index in [0.717, 1.165) is 16.7 Å². The summed E-state index contributed by atoms with van der Waals surface area (Å²) in [6.45, 7) is 4.13. The van der Waals surface area contributed by atoms with Crippen molar-refractivity contribution in [3.8, 4) is 6.07 Å². The first-order valence-corrected chi connectivity index (χ1v) is 11.4. The van der Waals surface area contributed by atoms with Gasteiger partial charge in [-0.05, 0) is 50.1 Å². The molecule has 7 heteroatoms. The number of amides is 2. The first-order chi connectivity index (χ1) is 16.0. The van der Waals surface area contributed by atoms with Crippen molar-refractivity contribution in [2.24, 2.45) is 0 Å². The molecule has 1 atom stereocenters. The SMILES string of the molecule is Cc1ccc(C[C@@H]2S/C(=C(/C#N)C(=O)NCc3ccco3)N(c3ccc(C)cc3)C2=O)cc1. The lowest BCUT2D eigenvalue weighted by atomic mass is 10.1. The Morgan fingerprint density at radius 1 is 1.09 bits per heavy atom. The summed E-state index contributed by atoms with van der Waals surface area (Å²) in [5.74, 6) is -0.114. The van der Waals surface area contributed by atoms with Crippen LogP contribution >= 0.6 is 11.8 Å². The molecule has 0 saturated carbocycles. The van der Waals surface area contributed by atoms with Crippen molar-refractivity contribution in [1.82, 2.24) is 5.32 Å². The van der Waals surface area contributed by atoms with Gasteiger partial charge in [0.25, 0.3) is 5.91 Å². The van der Waals surface area contributed by atoms with Crippen molar-refractivity contribution in [3.05, 3.63) is 100.0 Å². The van der Waals surface area contributed by atoms with Crippen LogP contribution in [0.25, 0.3) is 0 Å². The molecule has 166 valence electrons. The highest BCUT2D eigenvalue weighted by Gasteiger charge is 2.40. The second kappa shape index (κ2) is 9.80. The molecule has 1 aliphatic rings. The van der Waals surface area contributed by atoms with E-state index in [-0.39, 0.29) is 18.0 Å². The third kappa shape index (κ3) is 5.02. The summed E-state index contributed by atoms with van der Waals surface area (Å²) in [7, 11) is 0. The summed E-state index contributed by atoms with van der Waals surface area (Å²) in [6, 6.07) is 21.0. The van der Waals surface area contributed by atoms with Crippen molar-refractivity contribution >= 4 is 29.3 Å². The molecule has 0 radical (unpaired) electrons. The van der Waals surface area contributed by atoms with E-state index in [2.05, 4.69) is 5.32 Å². The number of nitrogens with one attached hydrogen (secondary N) is 1. The van der Waals surface area contributed by atoms with Gasteiger partial charge in [0, 0.05) is 5.69 Å². The zero-order valence-corrected chi connectivity index (χ0v) is 19.2. The molecule has 1 aliphatic heterocycles. The van der Waals surface area contributed by atoms with Gasteiger partial charge in [0.05, 0.1) is 18.1 Å². The van der Waals surface area contributed by atoms with E-state index >= 15 is 0 Å². The maximum Gasteiger partial charge on any atom is 0.265 e. The molecule has 2 heterocycles. The summed E-state index contributed by atoms with van der Waals surface area (Å²) in [4.78, 5) is 27.9. The molecule has 33 heavy (non-hydrogen) atoms. The van der Waals surface area contributed by atoms with E-state index in [1.165, 1.54) is 22.9 Å². The Kier molecular flexibility index (Phi) is 6.66. The topological polar surface area (TPSA) is 86.3 Å². The van der Waals surface area contributed by atoms with Gasteiger partial charge in [-0.25, -0.2) is 0 Å². The monoisotopic (exact) mass is 457 g/mol. The van der Waals surface area contributed by atoms with E-state index in [9.17, 15) is 14.9 Å². The van der Waals surface area contributed by atoms with Crippen LogP contribution in [-0.2, 0) is 22.6 Å². The molecule has 1 saturated heterocycles. The molecule has 6 nitrogen and oxygen atoms in total. The number of rotatable bonds is 6. The van der Waals surface area contributed by atoms with E-state index in [4.69, 9.17) is 4.42 Å². The van der Waals surface area contributed by atoms with Gasteiger partial charge >= 0.3 is 0 Å². The summed E-state index contributed by atoms with van der Waals surface area (Å²) < 4.78 is 5.25. The molecule has 4 rings (SSSR count). The molecule has 0 unspecified atom stereocenters. The number of benzene rings is 2. The number of carbonyl (C=O) groups excluding carboxylic acids is 2. The van der Waals surface area contributed by atoms with Crippen LogP contribution in [0.15, 0.2) is 81.9 Å². The third-order valence-corrected chi connectivity index (χ3v) is 6.61. The third-order valence-electron chi connectivity index (χ3n) is 5.34. The van der Waals surface area contributed by atoms with Crippen molar-refractivity contribution in [3.63, 3.8) is 0 Å². The van der Waals surface area contributed by atoms with Crippen LogP contribution in [0.3, 0.4) is 0 Å². The first kappa shape index (κ1) is 22.4. The first-order valence-electron chi connectivity index (χ1n) is 10.5. The lowest BCUT2D eigenvalue weighted by Crippen LogP contribution is -2.32. The second-order valence-electron chi connectivity index (χ2n) is 7.86. The Balaban J connectivity index is 1.67. The Morgan fingerprint density at radius 3 is 2.36 bits per heavy atom. The fraction of sp³-hybridized carbons (Fsp3) is 0.192. The van der Waals surface area contributed by atoms with Crippen LogP contribution in [-0.4, -0.2) is 17.1 Å². The molecular formula is C26H23N3O3S. The molecule has 1 N–H and O–H groups in total. The molecule has 0 aliphatic carbocycles. The predicted octanol–water partition coefficient (Wildman–Crippen LogP) is 4.64. The molecule has 0 bridgehead atoms. The van der Waals surface area contributed by atoms with Crippen LogP contribution in [0.5, 0.6) is 0 Å². The van der Waals surface area contributed by atoms with Crippen LogP contribution in [0.2, 0.25) is 0 Å². The fourth-order valence-electron chi connectivity index (χ4n) is 3.52. The smallest absolute Gasteiger partial charge is 0.265 e. The molecule has 2 aromatic carbocycles. The van der Waals surface area contributed by atoms with E-state index < -0.39 is 11.2 Å². The fourth-order valence-corrected chi connectivity index (χ4v) is 4.83. The van der Waals surface area contributed by atoms with Gasteiger partial charge in [-0.3, -0.25) is 14.5 Å². The molecule has 0 spiro atoms. The lowest BCUT2D eigenvalue weighted by molar-refractivity contribution is -0.117. The summed E-state index contributed by atoms with van der Waals surface area (Å²) in [5.41, 5.74) is 3.76. The molecule has 1 fully saturated rings. The van der Waals surface area contributed by atoms with Gasteiger partial charge in [0.1, 0.15) is 22.4 Å². The highest BCUT2D eigenvalue weighted by atomic mass is 32.2. The van der Waals surface area contributed by atoms with Gasteiger partial charge < -0.3 is 9.73 Å². The van der Waals surface area contributed by atoms with Gasteiger partial charge in [-0.1, -0.05) is 59.3 Å². The minimum absolute atomic E-state index is 0.0908. The normalized spacial score (nSPS) is 17.1. The average molecular weight is 458 g/mol. The van der Waals surface area contributed by atoms with E-state index in [1.54, 1.807) is 12.1 Å². The van der Waals surface area contributed by atoms with Crippen LogP contribution in [0, 0.1) is 25.2 Å². The Hall–Kier alpha value is -3.76. The number of nitriles is 1. The van der Waals surface area contributed by atoms with Crippen LogP contribution < -0.4 is 10.2 Å². The Morgan fingerprint density at radius 2 is 1.76 bits per heavy atom. The number of nitrogens with zero attached hydrogens (tertiary/aromatic N) is 2. The second-order valence-corrected chi connectivity index (χ2v) is 9.05. The van der Waals surface area contributed by atoms with Crippen LogP contribution in [0.4, 0.5) is 5.69 Å². The van der Waals surface area contributed by atoms with Crippen molar-refractivity contribution in [2.45, 2.75) is 32.1 Å². The highest BCUT2D eigenvalue weighted by Crippen LogP contribution is 2.42. The number of thioether (sulfide) groups is 1. The maximum atomic E-state index is 13.5. The molecule has 1 aromatic heterocycles. The molecule has 2 amide bonds. The zero-order valence-electron chi connectivity index (χ0n) is 18.4. The number of hydrogen-bond donors (Lipinski definition) is 1. The minimum Gasteiger partial charge on any atom is -0.467 e. The van der Waals surface area contributed by atoms with E-state index in [0.29, 0.717) is 22.9 Å². The van der Waals surface area contributed by atoms with Gasteiger partial charge in [0.2, 0.25) is 5.91 Å². The Labute approximate surface area is 196 Å². The minimum atomic E-state index is -0.544. The summed E-state index contributed by atoms with van der Waals surface area (Å²) in [6.07, 6.45) is 2.02. The largest absolute Gasteiger partial charge is 0.467 e. The van der Waals surface area contributed by atoms with Crippen LogP contribution in [0.1, 0.15) is 22.5 Å². The predicted molar refractivity (Wildman–Crippen MR) is 128 cm³/mol. The maximum absolute atomic E-state index is 13.5. The molecule has 3 aromatic rings. The number of hydrogen-bond acceptors (Lipinski definition) is 5. The van der Waals surface area contributed by atoms with Crippen molar-refractivity contribution in [2.75, 3.05) is 4.90 Å². The number of furan rings is 1. The van der Waals surface area contributed by atoms with Gasteiger partial charge in [0.15, 0.2) is 0 Å².